The number of alkyl halides is 3. The van der Waals surface area contributed by atoms with Crippen LogP contribution >= 0.6 is 34.8 Å². The summed E-state index contributed by atoms with van der Waals surface area (Å²) in [6, 6.07) is 9.75. The van der Waals surface area contributed by atoms with Crippen molar-refractivity contribution in [3.05, 3.63) is 90.9 Å². The molecular weight excluding hydrogens is 594 g/mol. The van der Waals surface area contributed by atoms with Crippen LogP contribution in [0.15, 0.2) is 54.6 Å². The summed E-state index contributed by atoms with van der Waals surface area (Å²) in [5.41, 5.74) is -2.16. The van der Waals surface area contributed by atoms with E-state index in [0.29, 0.717) is 11.1 Å². The van der Waals surface area contributed by atoms with Crippen molar-refractivity contribution in [2.24, 2.45) is 0 Å². The van der Waals surface area contributed by atoms with Gasteiger partial charge in [0, 0.05) is 17.2 Å². The second kappa shape index (κ2) is 12.9. The molecule has 206 valence electrons. The Balaban J connectivity index is 1.59. The van der Waals surface area contributed by atoms with E-state index < -0.39 is 59.7 Å². The van der Waals surface area contributed by atoms with Gasteiger partial charge in [0.05, 0.1) is 20.5 Å². The molecule has 0 amide bonds. The molecule has 0 saturated heterocycles. The Hall–Kier alpha value is -3.74. The normalized spacial score (nSPS) is 11.0. The first kappa shape index (κ1) is 29.8. The lowest BCUT2D eigenvalue weighted by molar-refractivity contribution is -0.385. The van der Waals surface area contributed by atoms with Crippen LogP contribution in [0, 0.1) is 10.1 Å². The number of hydrogen-bond donors (Lipinski definition) is 0. The standard InChI is InChI=1S/C24H15Cl3F3NO8/c25-14-2-6-20(18(27)10-14)38-12-22(32)36-7-8-37-23(33)16-11-15(3-4-19(16)31(34)35)39-21-5-1-13(9-17(21)26)24(28,29)30/h1-6,9-11H,7-8,12H2. The maximum Gasteiger partial charge on any atom is 0.416 e. The fourth-order valence-electron chi connectivity index (χ4n) is 2.93. The van der Waals surface area contributed by atoms with Gasteiger partial charge in [-0.2, -0.15) is 13.2 Å². The van der Waals surface area contributed by atoms with E-state index in [2.05, 4.69) is 0 Å². The average molecular weight is 609 g/mol. The smallest absolute Gasteiger partial charge is 0.416 e. The highest BCUT2D eigenvalue weighted by Gasteiger charge is 2.31. The van der Waals surface area contributed by atoms with E-state index >= 15 is 0 Å². The predicted octanol–water partition coefficient (Wildman–Crippen LogP) is 7.15. The van der Waals surface area contributed by atoms with Crippen LogP contribution in [0.1, 0.15) is 15.9 Å². The van der Waals surface area contributed by atoms with E-state index in [-0.39, 0.29) is 27.3 Å². The van der Waals surface area contributed by atoms with Crippen LogP contribution in [0.5, 0.6) is 17.2 Å². The Morgan fingerprint density at radius 1 is 0.872 bits per heavy atom. The van der Waals surface area contributed by atoms with Crippen molar-refractivity contribution in [2.45, 2.75) is 6.18 Å². The summed E-state index contributed by atoms with van der Waals surface area (Å²) in [5.74, 6) is -2.10. The third-order valence-corrected chi connectivity index (χ3v) is 5.52. The van der Waals surface area contributed by atoms with Crippen molar-refractivity contribution >= 4 is 52.4 Å². The van der Waals surface area contributed by atoms with Crippen LogP contribution in [0.25, 0.3) is 0 Å². The van der Waals surface area contributed by atoms with Gasteiger partial charge >= 0.3 is 18.1 Å². The van der Waals surface area contributed by atoms with Gasteiger partial charge in [-0.05, 0) is 42.5 Å². The molecule has 0 aliphatic carbocycles. The molecule has 0 fully saturated rings. The Labute approximate surface area is 233 Å². The van der Waals surface area contributed by atoms with Crippen LogP contribution < -0.4 is 9.47 Å². The summed E-state index contributed by atoms with van der Waals surface area (Å²) in [7, 11) is 0. The topological polar surface area (TPSA) is 114 Å². The zero-order chi connectivity index (χ0) is 28.7. The van der Waals surface area contributed by atoms with Gasteiger partial charge in [0.2, 0.25) is 0 Å². The zero-order valence-corrected chi connectivity index (χ0v) is 21.6. The van der Waals surface area contributed by atoms with Gasteiger partial charge in [-0.3, -0.25) is 10.1 Å². The molecule has 39 heavy (non-hydrogen) atoms. The molecule has 3 aromatic rings. The number of nitrogens with zero attached hydrogens (tertiary/aromatic N) is 1. The summed E-state index contributed by atoms with van der Waals surface area (Å²) in [5, 5.41) is 11.5. The number of nitro groups is 1. The summed E-state index contributed by atoms with van der Waals surface area (Å²) >= 11 is 17.6. The first-order chi connectivity index (χ1) is 18.3. The molecule has 9 nitrogen and oxygen atoms in total. The fourth-order valence-corrected chi connectivity index (χ4v) is 3.61. The second-order valence-electron chi connectivity index (χ2n) is 7.40. The lowest BCUT2D eigenvalue weighted by Gasteiger charge is -2.12. The number of carbonyl (C=O) groups is 2. The lowest BCUT2D eigenvalue weighted by atomic mass is 10.1. The van der Waals surface area contributed by atoms with Crippen LogP contribution in [-0.2, 0) is 20.4 Å². The van der Waals surface area contributed by atoms with Crippen LogP contribution in [0.2, 0.25) is 15.1 Å². The molecule has 0 aliphatic heterocycles. The number of rotatable bonds is 10. The van der Waals surface area contributed by atoms with Crippen molar-refractivity contribution < 1.29 is 46.6 Å². The van der Waals surface area contributed by atoms with Gasteiger partial charge in [-0.15, -0.1) is 0 Å². The monoisotopic (exact) mass is 607 g/mol. The molecule has 15 heteroatoms. The van der Waals surface area contributed by atoms with Crippen molar-refractivity contribution in [3.63, 3.8) is 0 Å². The molecule has 0 radical (unpaired) electrons. The summed E-state index contributed by atoms with van der Waals surface area (Å²) in [6.07, 6.45) is -4.63. The molecule has 0 bridgehead atoms. The molecule has 0 spiro atoms. The Morgan fingerprint density at radius 3 is 2.18 bits per heavy atom. The van der Waals surface area contributed by atoms with Gasteiger partial charge in [0.25, 0.3) is 5.69 Å². The van der Waals surface area contributed by atoms with Crippen LogP contribution in [0.3, 0.4) is 0 Å². The van der Waals surface area contributed by atoms with E-state index in [1.807, 2.05) is 0 Å². The zero-order valence-electron chi connectivity index (χ0n) is 19.3. The molecule has 0 aromatic heterocycles. The molecule has 0 atom stereocenters. The highest BCUT2D eigenvalue weighted by Crippen LogP contribution is 2.37. The molecule has 0 heterocycles. The first-order valence-electron chi connectivity index (χ1n) is 10.6. The van der Waals surface area contributed by atoms with Gasteiger partial charge in [0.1, 0.15) is 36.0 Å². The van der Waals surface area contributed by atoms with Gasteiger partial charge < -0.3 is 18.9 Å². The maximum atomic E-state index is 12.8. The van der Waals surface area contributed by atoms with E-state index in [4.69, 9.17) is 53.8 Å². The molecule has 3 aromatic carbocycles. The summed E-state index contributed by atoms with van der Waals surface area (Å²) in [6.45, 7) is -1.36. The average Bonchev–Trinajstić information content (AvgIpc) is 2.86. The summed E-state index contributed by atoms with van der Waals surface area (Å²) in [4.78, 5) is 34.9. The number of halogens is 6. The molecule has 0 unspecified atom stereocenters. The predicted molar refractivity (Wildman–Crippen MR) is 133 cm³/mol. The van der Waals surface area contributed by atoms with E-state index in [9.17, 15) is 32.9 Å². The van der Waals surface area contributed by atoms with Gasteiger partial charge in [0.15, 0.2) is 6.61 Å². The second-order valence-corrected chi connectivity index (χ2v) is 8.65. The largest absolute Gasteiger partial charge is 0.480 e. The Kier molecular flexibility index (Phi) is 9.84. The quantitative estimate of drug-likeness (QED) is 0.103. The molecule has 0 aliphatic rings. The fraction of sp³-hybridized carbons (Fsp3) is 0.167. The number of benzene rings is 3. The first-order valence-corrected chi connectivity index (χ1v) is 11.7. The molecule has 3 rings (SSSR count). The molecule has 0 N–H and O–H groups in total. The van der Waals surface area contributed by atoms with Crippen molar-refractivity contribution in [1.82, 2.24) is 0 Å². The third-order valence-electron chi connectivity index (χ3n) is 4.69. The van der Waals surface area contributed by atoms with E-state index in [1.54, 1.807) is 0 Å². The van der Waals surface area contributed by atoms with Crippen molar-refractivity contribution in [3.8, 4) is 17.2 Å². The van der Waals surface area contributed by atoms with E-state index in [1.165, 1.54) is 18.2 Å². The molecular formula is C24H15Cl3F3NO8. The maximum absolute atomic E-state index is 12.8. The third kappa shape index (κ3) is 8.37. The number of hydrogen-bond acceptors (Lipinski definition) is 8. The Morgan fingerprint density at radius 2 is 1.54 bits per heavy atom. The molecule has 0 saturated carbocycles. The van der Waals surface area contributed by atoms with Crippen LogP contribution in [0.4, 0.5) is 18.9 Å². The Bertz CT molecular complexity index is 1400. The number of esters is 2. The minimum atomic E-state index is -4.63. The number of carbonyl (C=O) groups excluding carboxylic acids is 2. The minimum absolute atomic E-state index is 0.140. The minimum Gasteiger partial charge on any atom is -0.480 e. The van der Waals surface area contributed by atoms with Gasteiger partial charge in [-0.1, -0.05) is 34.8 Å². The SMILES string of the molecule is O=C(COc1ccc(Cl)cc1Cl)OCCOC(=O)c1cc(Oc2ccc(C(F)(F)F)cc2Cl)ccc1[N+](=O)[O-]. The number of nitro benzene ring substituents is 1. The van der Waals surface area contributed by atoms with Crippen LogP contribution in [-0.4, -0.2) is 36.7 Å². The highest BCUT2D eigenvalue weighted by atomic mass is 35.5. The van der Waals surface area contributed by atoms with Crippen molar-refractivity contribution in [2.75, 3.05) is 19.8 Å². The summed E-state index contributed by atoms with van der Waals surface area (Å²) < 4.78 is 59.0. The van der Waals surface area contributed by atoms with Gasteiger partial charge in [-0.25, -0.2) is 9.59 Å². The number of ether oxygens (including phenoxy) is 4. The highest BCUT2D eigenvalue weighted by molar-refractivity contribution is 6.35. The van der Waals surface area contributed by atoms with Crippen molar-refractivity contribution in [1.29, 1.82) is 0 Å². The van der Waals surface area contributed by atoms with E-state index in [0.717, 1.165) is 30.3 Å². The lowest BCUT2D eigenvalue weighted by Crippen LogP contribution is -2.19.